The molecule has 0 saturated heterocycles. The highest BCUT2D eigenvalue weighted by Gasteiger charge is 2.28. The lowest BCUT2D eigenvalue weighted by Gasteiger charge is -2.14. The molecule has 0 aliphatic carbocycles. The van der Waals surface area contributed by atoms with E-state index in [0.717, 1.165) is 6.20 Å². The number of pyridine rings is 1. The molecule has 9 nitrogen and oxygen atoms in total. The molecule has 0 unspecified atom stereocenters. The second kappa shape index (κ2) is 8.85. The minimum atomic E-state index is -3.26. The lowest BCUT2D eigenvalue weighted by Crippen LogP contribution is -2.13. The number of rotatable bonds is 7. The Morgan fingerprint density at radius 3 is 2.52 bits per heavy atom. The van der Waals surface area contributed by atoms with Gasteiger partial charge >= 0.3 is 12.5 Å². The molecule has 31 heavy (non-hydrogen) atoms. The van der Waals surface area contributed by atoms with Gasteiger partial charge in [-0.05, 0) is 12.1 Å². The Kier molecular flexibility index (Phi) is 6.22. The van der Waals surface area contributed by atoms with Crippen molar-refractivity contribution < 1.29 is 27.1 Å². The van der Waals surface area contributed by atoms with Gasteiger partial charge in [0.1, 0.15) is 11.6 Å². The largest absolute Gasteiger partial charge is 0.415 e. The van der Waals surface area contributed by atoms with E-state index in [-0.39, 0.29) is 34.8 Å². The first-order valence-corrected chi connectivity index (χ1v) is 8.67. The number of ether oxygens (including phenoxy) is 1. The third-order valence-electron chi connectivity index (χ3n) is 3.64. The van der Waals surface area contributed by atoms with Crippen molar-refractivity contribution in [2.75, 3.05) is 10.6 Å². The number of hydrogen-bond donors (Lipinski definition) is 2. The molecular weight excluding hydrogens is 422 g/mol. The van der Waals surface area contributed by atoms with Crippen LogP contribution in [0.1, 0.15) is 19.7 Å². The number of halogens is 4. The number of anilines is 3. The second-order valence-electron chi connectivity index (χ2n) is 6.21. The zero-order valence-electron chi connectivity index (χ0n) is 16.1. The fraction of sp³-hybridized carbons (Fsp3) is 0.222. The summed E-state index contributed by atoms with van der Waals surface area (Å²) >= 11 is 0. The van der Waals surface area contributed by atoms with Gasteiger partial charge in [0.2, 0.25) is 17.6 Å². The van der Waals surface area contributed by atoms with Gasteiger partial charge in [0.25, 0.3) is 0 Å². The second-order valence-corrected chi connectivity index (χ2v) is 6.21. The third kappa shape index (κ3) is 5.81. The third-order valence-corrected chi connectivity index (χ3v) is 3.64. The van der Waals surface area contributed by atoms with Crippen LogP contribution in [0.4, 0.5) is 34.9 Å². The summed E-state index contributed by atoms with van der Waals surface area (Å²) in [5.41, 5.74) is 0.814. The van der Waals surface area contributed by atoms with Gasteiger partial charge in [0.15, 0.2) is 0 Å². The quantitative estimate of drug-likeness (QED) is 0.537. The highest BCUT2D eigenvalue weighted by Crippen LogP contribution is 2.31. The molecule has 0 saturated carbocycles. The fourth-order valence-electron chi connectivity index (χ4n) is 2.41. The molecule has 0 aromatic carbocycles. The summed E-state index contributed by atoms with van der Waals surface area (Å²) in [5, 5.41) is 12.7. The standard InChI is InChI=1S/C18H15F4N7O2/c1-9(30)25-14-7-12(26-13-5-6-23-16(27-13)18(2,21)22)10(8-24-14)11-3-4-15(29-28-11)31-17(19)20/h3-8,17H,1-2H3,(H2,23,24,25,26,27,30). The van der Waals surface area contributed by atoms with E-state index in [1.165, 1.54) is 37.4 Å². The van der Waals surface area contributed by atoms with Gasteiger partial charge in [-0.3, -0.25) is 4.79 Å². The molecule has 3 rings (SSSR count). The number of nitrogens with one attached hydrogen (secondary N) is 2. The molecule has 0 fully saturated rings. The average Bonchev–Trinajstić information content (AvgIpc) is 2.68. The molecule has 0 radical (unpaired) electrons. The van der Waals surface area contributed by atoms with Crippen LogP contribution in [-0.4, -0.2) is 37.7 Å². The lowest BCUT2D eigenvalue weighted by atomic mass is 10.1. The maximum absolute atomic E-state index is 13.6. The first-order valence-electron chi connectivity index (χ1n) is 8.67. The van der Waals surface area contributed by atoms with E-state index >= 15 is 0 Å². The van der Waals surface area contributed by atoms with Crippen LogP contribution in [0.15, 0.2) is 36.7 Å². The first kappa shape index (κ1) is 21.8. The van der Waals surface area contributed by atoms with Crippen molar-refractivity contribution in [3.8, 4) is 17.1 Å². The van der Waals surface area contributed by atoms with Gasteiger partial charge in [0, 0.05) is 43.9 Å². The molecule has 0 bridgehead atoms. The molecule has 3 heterocycles. The van der Waals surface area contributed by atoms with E-state index in [1.807, 2.05) is 0 Å². The Morgan fingerprint density at radius 2 is 1.90 bits per heavy atom. The molecule has 0 atom stereocenters. The van der Waals surface area contributed by atoms with Crippen LogP contribution < -0.4 is 15.4 Å². The summed E-state index contributed by atoms with van der Waals surface area (Å²) in [4.78, 5) is 22.8. The Morgan fingerprint density at radius 1 is 1.13 bits per heavy atom. The summed E-state index contributed by atoms with van der Waals surface area (Å²) in [6.07, 6.45) is 2.50. The zero-order valence-corrected chi connectivity index (χ0v) is 16.1. The van der Waals surface area contributed by atoms with Crippen LogP contribution >= 0.6 is 0 Å². The van der Waals surface area contributed by atoms with Crippen molar-refractivity contribution in [1.29, 1.82) is 0 Å². The highest BCUT2D eigenvalue weighted by molar-refractivity contribution is 5.89. The van der Waals surface area contributed by atoms with Gasteiger partial charge in [-0.25, -0.2) is 15.0 Å². The van der Waals surface area contributed by atoms with Crippen LogP contribution in [-0.2, 0) is 10.7 Å². The topological polar surface area (TPSA) is 115 Å². The number of carbonyl (C=O) groups is 1. The van der Waals surface area contributed by atoms with Crippen LogP contribution in [0.25, 0.3) is 11.3 Å². The Bertz CT molecular complexity index is 1080. The van der Waals surface area contributed by atoms with Crippen molar-refractivity contribution >= 4 is 23.2 Å². The molecular formula is C18H15F4N7O2. The Balaban J connectivity index is 1.99. The fourth-order valence-corrected chi connectivity index (χ4v) is 2.41. The summed E-state index contributed by atoms with van der Waals surface area (Å²) in [7, 11) is 0. The molecule has 3 aromatic rings. The van der Waals surface area contributed by atoms with E-state index in [9.17, 15) is 22.4 Å². The lowest BCUT2D eigenvalue weighted by molar-refractivity contribution is -0.114. The van der Waals surface area contributed by atoms with Gasteiger partial charge in [-0.2, -0.15) is 17.6 Å². The normalized spacial score (nSPS) is 11.3. The van der Waals surface area contributed by atoms with E-state index in [4.69, 9.17) is 0 Å². The van der Waals surface area contributed by atoms with Crippen molar-refractivity contribution in [2.45, 2.75) is 26.4 Å². The van der Waals surface area contributed by atoms with Crippen LogP contribution in [0, 0.1) is 0 Å². The number of nitrogens with zero attached hydrogens (tertiary/aromatic N) is 5. The molecule has 13 heteroatoms. The summed E-state index contributed by atoms with van der Waals surface area (Å²) in [5.74, 6) is -4.51. The van der Waals surface area contributed by atoms with E-state index in [0.29, 0.717) is 12.5 Å². The van der Waals surface area contributed by atoms with Crippen molar-refractivity contribution in [2.24, 2.45) is 0 Å². The molecule has 0 aliphatic rings. The summed E-state index contributed by atoms with van der Waals surface area (Å²) in [6.45, 7) is -1.10. The zero-order chi connectivity index (χ0) is 22.6. The maximum Gasteiger partial charge on any atom is 0.388 e. The van der Waals surface area contributed by atoms with Crippen molar-refractivity contribution in [3.63, 3.8) is 0 Å². The van der Waals surface area contributed by atoms with Crippen LogP contribution in [0.2, 0.25) is 0 Å². The minimum Gasteiger partial charge on any atom is -0.415 e. The predicted octanol–water partition coefficient (Wildman–Crippen LogP) is 3.74. The number of hydrogen-bond acceptors (Lipinski definition) is 8. The number of aromatic nitrogens is 5. The number of carbonyl (C=O) groups excluding carboxylic acids is 1. The highest BCUT2D eigenvalue weighted by atomic mass is 19.3. The van der Waals surface area contributed by atoms with E-state index in [1.54, 1.807) is 0 Å². The molecule has 162 valence electrons. The number of alkyl halides is 4. The van der Waals surface area contributed by atoms with Gasteiger partial charge in [-0.1, -0.05) is 0 Å². The molecule has 0 aliphatic heterocycles. The molecule has 3 aromatic heterocycles. The van der Waals surface area contributed by atoms with E-state index < -0.39 is 18.4 Å². The number of amides is 1. The smallest absolute Gasteiger partial charge is 0.388 e. The average molecular weight is 437 g/mol. The Labute approximate surface area is 172 Å². The maximum atomic E-state index is 13.6. The first-order chi connectivity index (χ1) is 14.6. The van der Waals surface area contributed by atoms with Crippen LogP contribution in [0.3, 0.4) is 0 Å². The van der Waals surface area contributed by atoms with Crippen LogP contribution in [0.5, 0.6) is 5.88 Å². The minimum absolute atomic E-state index is 0.0402. The molecule has 2 N–H and O–H groups in total. The molecule has 0 spiro atoms. The van der Waals surface area contributed by atoms with Crippen molar-refractivity contribution in [3.05, 3.63) is 42.5 Å². The Hall–Kier alpha value is -3.90. The van der Waals surface area contributed by atoms with E-state index in [2.05, 4.69) is 40.5 Å². The van der Waals surface area contributed by atoms with Gasteiger partial charge < -0.3 is 15.4 Å². The van der Waals surface area contributed by atoms with Gasteiger partial charge in [-0.15, -0.1) is 10.2 Å². The van der Waals surface area contributed by atoms with Crippen molar-refractivity contribution in [1.82, 2.24) is 25.1 Å². The SMILES string of the molecule is CC(=O)Nc1cc(Nc2ccnc(C(C)(F)F)n2)c(-c2ccc(OC(F)F)nn2)cn1. The summed E-state index contributed by atoms with van der Waals surface area (Å²) in [6, 6.07) is 5.33. The van der Waals surface area contributed by atoms with Gasteiger partial charge in [0.05, 0.1) is 11.4 Å². The summed E-state index contributed by atoms with van der Waals surface area (Å²) < 4.78 is 55.9. The predicted molar refractivity (Wildman–Crippen MR) is 101 cm³/mol. The monoisotopic (exact) mass is 437 g/mol. The molecule has 1 amide bonds.